The van der Waals surface area contributed by atoms with E-state index in [-0.39, 0.29) is 12.5 Å². The van der Waals surface area contributed by atoms with Crippen LogP contribution in [0, 0.1) is 6.92 Å². The largest absolute Gasteiger partial charge is 0.321 e. The number of anilines is 2. The zero-order chi connectivity index (χ0) is 22.4. The van der Waals surface area contributed by atoms with Crippen LogP contribution in [0.1, 0.15) is 28.4 Å². The Bertz CT molecular complexity index is 1140. The number of thioether (sulfide) groups is 1. The van der Waals surface area contributed by atoms with Crippen LogP contribution in [0.25, 0.3) is 0 Å². The fourth-order valence-electron chi connectivity index (χ4n) is 3.08. The molecule has 5 nitrogen and oxygen atoms in total. The van der Waals surface area contributed by atoms with E-state index in [0.29, 0.717) is 11.3 Å². The fourth-order valence-corrected chi connectivity index (χ4v) is 4.73. The minimum atomic E-state index is -3.49. The lowest BCUT2D eigenvalue weighted by Gasteiger charge is -2.23. The van der Waals surface area contributed by atoms with Crippen molar-refractivity contribution in [2.75, 3.05) is 21.6 Å². The SMILES string of the molecule is CCSc1ccccc1NC(=O)c1ccc(N(Cc2ccc(C)cc2)S(C)(=O)=O)cc1. The fraction of sp³-hybridized carbons (Fsp3) is 0.208. The van der Waals surface area contributed by atoms with Gasteiger partial charge < -0.3 is 5.32 Å². The molecule has 0 unspecified atom stereocenters. The molecule has 0 bridgehead atoms. The third-order valence-corrected chi connectivity index (χ3v) is 6.80. The molecule has 31 heavy (non-hydrogen) atoms. The molecule has 0 fully saturated rings. The van der Waals surface area contributed by atoms with Crippen molar-refractivity contribution >= 4 is 39.1 Å². The normalized spacial score (nSPS) is 11.2. The molecule has 162 valence electrons. The van der Waals surface area contributed by atoms with Crippen LogP contribution < -0.4 is 9.62 Å². The van der Waals surface area contributed by atoms with Crippen molar-refractivity contribution in [1.82, 2.24) is 0 Å². The minimum Gasteiger partial charge on any atom is -0.321 e. The van der Waals surface area contributed by atoms with Crippen molar-refractivity contribution in [3.8, 4) is 0 Å². The van der Waals surface area contributed by atoms with Crippen molar-refractivity contribution in [1.29, 1.82) is 0 Å². The van der Waals surface area contributed by atoms with Gasteiger partial charge in [-0.05, 0) is 54.6 Å². The maximum Gasteiger partial charge on any atom is 0.255 e. The van der Waals surface area contributed by atoms with Gasteiger partial charge in [-0.3, -0.25) is 9.10 Å². The molecule has 3 aromatic carbocycles. The summed E-state index contributed by atoms with van der Waals surface area (Å²) in [5, 5.41) is 2.94. The molecular weight excluding hydrogens is 428 g/mol. The average molecular weight is 455 g/mol. The van der Waals surface area contributed by atoms with Gasteiger partial charge in [0.1, 0.15) is 0 Å². The lowest BCUT2D eigenvalue weighted by molar-refractivity contribution is 0.102. The quantitative estimate of drug-likeness (QED) is 0.468. The highest BCUT2D eigenvalue weighted by molar-refractivity contribution is 7.99. The third kappa shape index (κ3) is 6.12. The summed E-state index contributed by atoms with van der Waals surface area (Å²) in [6.45, 7) is 4.28. The topological polar surface area (TPSA) is 66.5 Å². The first-order valence-corrected chi connectivity index (χ1v) is 12.8. The first kappa shape index (κ1) is 22.9. The van der Waals surface area contributed by atoms with E-state index in [4.69, 9.17) is 0 Å². The van der Waals surface area contributed by atoms with E-state index in [9.17, 15) is 13.2 Å². The van der Waals surface area contributed by atoms with Gasteiger partial charge in [-0.15, -0.1) is 11.8 Å². The maximum atomic E-state index is 12.7. The van der Waals surface area contributed by atoms with Crippen molar-refractivity contribution in [3.05, 3.63) is 89.5 Å². The Morgan fingerprint density at radius 2 is 1.61 bits per heavy atom. The van der Waals surface area contributed by atoms with Gasteiger partial charge in [0.05, 0.1) is 24.2 Å². The van der Waals surface area contributed by atoms with Crippen molar-refractivity contribution < 1.29 is 13.2 Å². The number of amides is 1. The summed E-state index contributed by atoms with van der Waals surface area (Å²) in [5.74, 6) is 0.671. The second kappa shape index (κ2) is 10.0. The number of carbonyl (C=O) groups excluding carboxylic acids is 1. The van der Waals surface area contributed by atoms with Crippen LogP contribution in [0.5, 0.6) is 0 Å². The Labute approximate surface area is 188 Å². The first-order valence-electron chi connectivity index (χ1n) is 9.94. The van der Waals surface area contributed by atoms with Crippen molar-refractivity contribution in [2.24, 2.45) is 0 Å². The molecule has 7 heteroatoms. The van der Waals surface area contributed by atoms with Crippen LogP contribution >= 0.6 is 11.8 Å². The molecule has 0 spiro atoms. The number of nitrogens with one attached hydrogen (secondary N) is 1. The van der Waals surface area contributed by atoms with Crippen LogP contribution in [0.2, 0.25) is 0 Å². The second-order valence-electron chi connectivity index (χ2n) is 7.19. The summed E-state index contributed by atoms with van der Waals surface area (Å²) in [5.41, 5.74) is 3.75. The maximum absolute atomic E-state index is 12.7. The number of benzene rings is 3. The minimum absolute atomic E-state index is 0.228. The molecule has 0 aliphatic carbocycles. The van der Waals surface area contributed by atoms with E-state index in [0.717, 1.165) is 27.5 Å². The highest BCUT2D eigenvalue weighted by atomic mass is 32.2. The summed E-state index contributed by atoms with van der Waals surface area (Å²) in [4.78, 5) is 13.7. The zero-order valence-corrected chi connectivity index (χ0v) is 19.5. The first-order chi connectivity index (χ1) is 14.8. The van der Waals surface area contributed by atoms with Crippen LogP contribution in [0.3, 0.4) is 0 Å². The molecular formula is C24H26N2O3S2. The Morgan fingerprint density at radius 1 is 0.968 bits per heavy atom. The summed E-state index contributed by atoms with van der Waals surface area (Å²) >= 11 is 1.66. The van der Waals surface area contributed by atoms with Crippen LogP contribution in [-0.2, 0) is 16.6 Å². The Kier molecular flexibility index (Phi) is 7.41. The predicted molar refractivity (Wildman–Crippen MR) is 129 cm³/mol. The lowest BCUT2D eigenvalue weighted by atomic mass is 10.1. The monoisotopic (exact) mass is 454 g/mol. The summed E-state index contributed by atoms with van der Waals surface area (Å²) in [6, 6.07) is 22.0. The van der Waals surface area contributed by atoms with Crippen LogP contribution in [0.15, 0.2) is 77.7 Å². The highest BCUT2D eigenvalue weighted by Crippen LogP contribution is 2.27. The molecule has 3 aromatic rings. The molecule has 0 atom stereocenters. The number of sulfonamides is 1. The molecule has 0 radical (unpaired) electrons. The molecule has 0 saturated carbocycles. The van der Waals surface area contributed by atoms with Gasteiger partial charge in [0.25, 0.3) is 5.91 Å². The number of hydrogen-bond donors (Lipinski definition) is 1. The van der Waals surface area contributed by atoms with Gasteiger partial charge in [0.15, 0.2) is 0 Å². The number of nitrogens with zero attached hydrogens (tertiary/aromatic N) is 1. The van der Waals surface area contributed by atoms with E-state index < -0.39 is 10.0 Å². The average Bonchev–Trinajstić information content (AvgIpc) is 2.74. The van der Waals surface area contributed by atoms with E-state index >= 15 is 0 Å². The van der Waals surface area contributed by atoms with Gasteiger partial charge in [-0.2, -0.15) is 0 Å². The van der Waals surface area contributed by atoms with E-state index in [1.807, 2.05) is 55.5 Å². The Balaban J connectivity index is 1.80. The zero-order valence-electron chi connectivity index (χ0n) is 17.8. The van der Waals surface area contributed by atoms with Gasteiger partial charge >= 0.3 is 0 Å². The number of carbonyl (C=O) groups is 1. The van der Waals surface area contributed by atoms with Crippen molar-refractivity contribution in [2.45, 2.75) is 25.3 Å². The van der Waals surface area contributed by atoms with Crippen LogP contribution in [-0.4, -0.2) is 26.3 Å². The summed E-state index contributed by atoms with van der Waals surface area (Å²) in [6.07, 6.45) is 1.18. The number of aryl methyl sites for hydroxylation is 1. The highest BCUT2D eigenvalue weighted by Gasteiger charge is 2.18. The van der Waals surface area contributed by atoms with Gasteiger partial charge in [0, 0.05) is 10.5 Å². The van der Waals surface area contributed by atoms with E-state index in [2.05, 4.69) is 12.2 Å². The van der Waals surface area contributed by atoms with Crippen LogP contribution in [0.4, 0.5) is 11.4 Å². The van der Waals surface area contributed by atoms with E-state index in [1.165, 1.54) is 10.6 Å². The molecule has 1 N–H and O–H groups in total. The van der Waals surface area contributed by atoms with Gasteiger partial charge in [-0.1, -0.05) is 48.9 Å². The lowest BCUT2D eigenvalue weighted by Crippen LogP contribution is -2.29. The predicted octanol–water partition coefficient (Wildman–Crippen LogP) is 5.33. The van der Waals surface area contributed by atoms with E-state index in [1.54, 1.807) is 36.0 Å². The summed E-state index contributed by atoms with van der Waals surface area (Å²) in [7, 11) is -3.49. The van der Waals surface area contributed by atoms with Gasteiger partial charge in [-0.25, -0.2) is 8.42 Å². The third-order valence-electron chi connectivity index (χ3n) is 4.70. The standard InChI is InChI=1S/C24H26N2O3S2/c1-4-30-23-8-6-5-7-22(23)25-24(27)20-13-15-21(16-14-20)26(31(3,28)29)17-19-11-9-18(2)10-12-19/h5-16H,4,17H2,1-3H3,(H,25,27). The molecule has 3 rings (SSSR count). The molecule has 0 heterocycles. The van der Waals surface area contributed by atoms with Gasteiger partial charge in [0.2, 0.25) is 10.0 Å². The number of rotatable bonds is 8. The number of hydrogen-bond acceptors (Lipinski definition) is 4. The Hall–Kier alpha value is -2.77. The van der Waals surface area contributed by atoms with Crippen molar-refractivity contribution in [3.63, 3.8) is 0 Å². The molecule has 0 aliphatic rings. The Morgan fingerprint density at radius 3 is 2.23 bits per heavy atom. The molecule has 0 aliphatic heterocycles. The summed E-state index contributed by atoms with van der Waals surface area (Å²) < 4.78 is 26.2. The second-order valence-corrected chi connectivity index (χ2v) is 10.4. The molecule has 1 amide bonds. The molecule has 0 saturated heterocycles. The number of para-hydroxylation sites is 1. The smallest absolute Gasteiger partial charge is 0.255 e. The molecule has 0 aromatic heterocycles.